The number of halogens is 2. The third-order valence-corrected chi connectivity index (χ3v) is 28.0. The van der Waals surface area contributed by atoms with E-state index < -0.39 is 130 Å². The predicted molar refractivity (Wildman–Crippen MR) is 459 cm³/mol. The van der Waals surface area contributed by atoms with Crippen molar-refractivity contribution in [2.24, 2.45) is 32.5 Å². The second kappa shape index (κ2) is 47.6. The predicted octanol–water partition coefficient (Wildman–Crippen LogP) is 14.7. The Kier molecular flexibility index (Phi) is 46.6. The van der Waals surface area contributed by atoms with Crippen molar-refractivity contribution in [3.63, 3.8) is 0 Å². The first-order valence-corrected chi connectivity index (χ1v) is 46.1. The molecule has 674 valence electrons. The zero-order valence-electron chi connectivity index (χ0n) is 69.5. The maximum Gasteiger partial charge on any atom is 0.475 e. The summed E-state index contributed by atoms with van der Waals surface area (Å²) < 4.78 is 136. The van der Waals surface area contributed by atoms with Crippen molar-refractivity contribution in [1.29, 1.82) is 0 Å². The van der Waals surface area contributed by atoms with E-state index in [1.54, 1.807) is 83.1 Å². The van der Waals surface area contributed by atoms with Crippen molar-refractivity contribution in [3.8, 4) is 0 Å². The quantitative estimate of drug-likeness (QED) is 0.0363. The lowest BCUT2D eigenvalue weighted by atomic mass is 9.95. The Balaban J connectivity index is 0.00000173. The number of aromatic nitrogens is 4. The van der Waals surface area contributed by atoms with Crippen LogP contribution in [0.2, 0.25) is 0 Å². The Morgan fingerprint density at radius 2 is 0.810 bits per heavy atom. The van der Waals surface area contributed by atoms with Gasteiger partial charge in [0.25, 0.3) is 37.8 Å². The number of thioether (sulfide) groups is 6. The van der Waals surface area contributed by atoms with Gasteiger partial charge in [-0.15, -0.1) is 0 Å². The largest absolute Gasteiger partial charge is 0.475 e. The normalized spacial score (nSPS) is 22.6. The van der Waals surface area contributed by atoms with Crippen LogP contribution < -0.4 is 22.6 Å². The highest BCUT2D eigenvalue weighted by Gasteiger charge is 2.71. The fourth-order valence-electron chi connectivity index (χ4n) is 9.45. The third-order valence-electron chi connectivity index (χ3n) is 15.6. The average Bonchev–Trinajstić information content (AvgIpc) is 1.55. The summed E-state index contributed by atoms with van der Waals surface area (Å²) in [6.07, 6.45) is -4.36. The van der Waals surface area contributed by atoms with Crippen LogP contribution in [-0.2, 0) is 97.8 Å². The van der Waals surface area contributed by atoms with Crippen LogP contribution in [0.3, 0.4) is 0 Å². The number of carbonyl (C=O) groups excluding carboxylic acids is 6. The lowest BCUT2D eigenvalue weighted by molar-refractivity contribution is -0.299. The van der Waals surface area contributed by atoms with Gasteiger partial charge >= 0.3 is 15.6 Å². The van der Waals surface area contributed by atoms with Crippen molar-refractivity contribution >= 4 is 137 Å². The molecular weight excluding hydrogens is 1700 g/mol. The summed E-state index contributed by atoms with van der Waals surface area (Å²) in [5.74, 6) is -5.03. The van der Waals surface area contributed by atoms with E-state index in [9.17, 15) is 57.7 Å². The zero-order chi connectivity index (χ0) is 86.7. The van der Waals surface area contributed by atoms with Crippen LogP contribution in [0.4, 0.5) is 20.7 Å². The molecule has 0 saturated carbocycles. The van der Waals surface area contributed by atoms with E-state index in [2.05, 4.69) is 42.3 Å². The number of ether oxygens (including phenoxy) is 5. The average molecular weight is 1830 g/mol. The van der Waals surface area contributed by atoms with Gasteiger partial charge < -0.3 is 54.4 Å². The molecule has 3 aliphatic rings. The molecule has 3 saturated heterocycles. The number of fused-ring (bicyclic) bond motifs is 1. The highest BCUT2D eigenvalue weighted by Crippen LogP contribution is 2.58. The Morgan fingerprint density at radius 1 is 0.526 bits per heavy atom. The first-order chi connectivity index (χ1) is 51.5. The SMILES string of the molecule is C.C.C.CC(C)(C)C(=O)SCCOP(=O)(OCCSC(=O)C(C)(C)C)OC[C@@]1(F)O[C@@H](n2ccc(=O)nc2N)[C@](C)(O)[C@@H]1O.CC(C)N(C(C)C)P(OCCSC(=O)C(C)(C)C)OCCSC(=O)C(C)(C)C.COC1O[C@H]2[C@@](C)(O1)[C@H](n1ccc(=O)nc1N)O[C@]2(F)COP(=O)(OCCSC(=O)C(C)(C)C)OCCSC(=O)C(C)(C)C. The molecule has 3 aliphatic heterocycles. The smallest absolute Gasteiger partial charge is 0.384 e. The molecule has 0 amide bonds. The van der Waals surface area contributed by atoms with E-state index in [1.165, 1.54) is 48.3 Å². The van der Waals surface area contributed by atoms with Gasteiger partial charge in [0.05, 0.1) is 39.6 Å². The Labute approximate surface area is 711 Å². The van der Waals surface area contributed by atoms with Gasteiger partial charge in [0.1, 0.15) is 30.5 Å². The van der Waals surface area contributed by atoms with Gasteiger partial charge in [-0.1, -0.05) is 217 Å². The molecular formula is C73H132F2N7O25P3S6. The first-order valence-electron chi connectivity index (χ1n) is 36.2. The Hall–Kier alpha value is -2.41. The number of alkyl halides is 2. The number of phosphoric acid groups is 2. The lowest BCUT2D eigenvalue weighted by Gasteiger charge is -2.35. The van der Waals surface area contributed by atoms with E-state index in [0.717, 1.165) is 76.9 Å². The van der Waals surface area contributed by atoms with Crippen LogP contribution in [0.25, 0.3) is 0 Å². The van der Waals surface area contributed by atoms with Crippen molar-refractivity contribution in [2.45, 2.75) is 255 Å². The van der Waals surface area contributed by atoms with Crippen LogP contribution in [0, 0.1) is 32.5 Å². The van der Waals surface area contributed by atoms with Crippen molar-refractivity contribution < 1.29 is 117 Å². The number of aliphatic hydroxyl groups excluding tert-OH is 1. The third kappa shape index (κ3) is 35.3. The fraction of sp³-hybridized carbons (Fsp3) is 0.808. The summed E-state index contributed by atoms with van der Waals surface area (Å²) in [4.78, 5) is 103. The molecule has 32 nitrogen and oxygen atoms in total. The minimum Gasteiger partial charge on any atom is -0.384 e. The van der Waals surface area contributed by atoms with Gasteiger partial charge in [-0.25, -0.2) is 22.6 Å². The molecule has 0 spiro atoms. The Morgan fingerprint density at radius 3 is 1.09 bits per heavy atom. The van der Waals surface area contributed by atoms with Gasteiger partial charge in [0, 0.05) is 111 Å². The first kappa shape index (κ1) is 114. The molecule has 2 aromatic rings. The van der Waals surface area contributed by atoms with Crippen molar-refractivity contribution in [1.82, 2.24) is 23.8 Å². The molecule has 5 rings (SSSR count). The molecule has 0 aromatic carbocycles. The van der Waals surface area contributed by atoms with Crippen LogP contribution >= 0.6 is 94.7 Å². The number of methoxy groups -OCH3 is 1. The number of nitrogen functional groups attached to an aromatic ring is 2. The molecule has 0 radical (unpaired) electrons. The fourth-order valence-corrected chi connectivity index (χ4v) is 18.9. The summed E-state index contributed by atoms with van der Waals surface area (Å²) in [6, 6.07) is 2.66. The number of hydrogen-bond donors (Lipinski definition) is 4. The number of phosphoric ester groups is 2. The van der Waals surface area contributed by atoms with Gasteiger partial charge in [-0.2, -0.15) is 9.97 Å². The number of hydrogen-bond acceptors (Lipinski definition) is 36. The second-order valence-corrected chi connectivity index (χ2v) is 44.3. The van der Waals surface area contributed by atoms with Crippen LogP contribution in [0.5, 0.6) is 0 Å². The van der Waals surface area contributed by atoms with Gasteiger partial charge in [-0.05, 0) is 41.5 Å². The van der Waals surface area contributed by atoms with Gasteiger partial charge in [0.15, 0.2) is 49.3 Å². The van der Waals surface area contributed by atoms with Crippen molar-refractivity contribution in [2.75, 3.05) is 106 Å². The topological polar surface area (TPSA) is 422 Å². The number of aliphatic hydroxyl groups is 2. The van der Waals surface area contributed by atoms with Crippen LogP contribution in [-0.4, -0.2) is 213 Å². The highest BCUT2D eigenvalue weighted by atomic mass is 32.2. The minimum absolute atomic E-state index is 0. The van der Waals surface area contributed by atoms with E-state index in [0.29, 0.717) is 24.7 Å². The molecule has 9 atom stereocenters. The summed E-state index contributed by atoms with van der Waals surface area (Å²) >= 11 is 6.47. The zero-order valence-corrected chi connectivity index (χ0v) is 77.1. The monoisotopic (exact) mass is 1830 g/mol. The number of rotatable bonds is 36. The highest BCUT2D eigenvalue weighted by molar-refractivity contribution is 8.15. The minimum atomic E-state index is -4.54. The van der Waals surface area contributed by atoms with E-state index >= 15 is 8.78 Å². The van der Waals surface area contributed by atoms with Crippen LogP contribution in [0.15, 0.2) is 34.1 Å². The van der Waals surface area contributed by atoms with Gasteiger partial charge in [0.2, 0.25) is 11.9 Å². The molecule has 1 unspecified atom stereocenters. The number of nitrogens with zero attached hydrogens (tertiary/aromatic N) is 5. The van der Waals surface area contributed by atoms with E-state index in [1.807, 2.05) is 41.5 Å². The van der Waals surface area contributed by atoms with Crippen LogP contribution in [0.1, 0.15) is 201 Å². The van der Waals surface area contributed by atoms with Crippen molar-refractivity contribution in [3.05, 3.63) is 45.2 Å². The van der Waals surface area contributed by atoms with E-state index in [4.69, 9.17) is 71.3 Å². The molecule has 6 N–H and O–H groups in total. The van der Waals surface area contributed by atoms with E-state index in [-0.39, 0.29) is 131 Å². The molecule has 3 fully saturated rings. The summed E-state index contributed by atoms with van der Waals surface area (Å²) in [5, 5.41) is 21.4. The molecule has 2 aromatic heterocycles. The molecule has 0 aliphatic carbocycles. The second-order valence-electron chi connectivity index (χ2n) is 33.1. The summed E-state index contributed by atoms with van der Waals surface area (Å²) in [6.45, 7) is 40.0. The maximum atomic E-state index is 16.7. The molecule has 43 heteroatoms. The molecule has 5 heterocycles. The number of nitrogens with two attached hydrogens (primary N) is 2. The summed E-state index contributed by atoms with van der Waals surface area (Å²) in [7, 11) is -8.97. The lowest BCUT2D eigenvalue weighted by Crippen LogP contribution is -2.49. The Bertz CT molecular complexity index is 3590. The summed E-state index contributed by atoms with van der Waals surface area (Å²) in [5.41, 5.74) is 3.34. The number of anilines is 2. The molecule has 0 bridgehead atoms. The van der Waals surface area contributed by atoms with Gasteiger partial charge in [-0.3, -0.25) is 74.6 Å². The molecule has 116 heavy (non-hydrogen) atoms. The maximum absolute atomic E-state index is 16.7. The standard InChI is InChI=1S/C26H41FN3O11PS2.C24H39FN3O10PS2.C20H40NO4PS2.3CH4/c1-23(2,3)19(32)43-13-11-36-42(34,37-12-14-44-20(33)24(4,5)6)38-15-26(27)17-25(7,41-22(35-8)39-17)18(40-26)30-10-9-16(31)29-21(30)28;1-21(2,3)18(31)40-12-10-35-39(34,36-11-13-41-19(32)22(4,5)6)37-14-24(25)16(30)23(7,33)17(38-24)28-9-8-15(29)27-20(28)26;1-15(2)21(16(3)4)26(24-11-13-27-17(22)19(5,6)7)25-12-14-28-18(23)20(8,9)10;;;/h9-10,17-18,22H,11-15H2,1-8H3,(H2,28,29,31);8-9,16-17,30,33H,10-14H2,1-7H3,(H2,26,27,29);15-16H,11-14H2,1-10H3;3*1H4/t17-,18+,22?,25+,26+;16-,17+,23+,24+;;;;/m00..../s1. The number of carbonyl (C=O) groups is 6.